The number of hydrogen-bond donors (Lipinski definition) is 0. The lowest BCUT2D eigenvalue weighted by Crippen LogP contribution is -2.36. The van der Waals surface area contributed by atoms with E-state index in [2.05, 4.69) is 6.92 Å². The zero-order valence-electron chi connectivity index (χ0n) is 19.3. The molecule has 0 aliphatic heterocycles. The maximum atomic E-state index is 13.4. The molecular weight excluding hydrogens is 424 g/mol. The van der Waals surface area contributed by atoms with Crippen molar-refractivity contribution in [2.24, 2.45) is 17.8 Å². The largest absolute Gasteiger partial charge is 0.426 e. The Kier molecular flexibility index (Phi) is 6.31. The molecule has 0 heterocycles. The van der Waals surface area contributed by atoms with Gasteiger partial charge >= 0.3 is 11.9 Å². The van der Waals surface area contributed by atoms with Gasteiger partial charge < -0.3 is 9.47 Å². The van der Waals surface area contributed by atoms with Crippen molar-refractivity contribution >= 4 is 33.5 Å². The van der Waals surface area contributed by atoms with E-state index >= 15 is 0 Å². The van der Waals surface area contributed by atoms with Gasteiger partial charge in [-0.15, -0.1) is 0 Å². The van der Waals surface area contributed by atoms with E-state index in [-0.39, 0.29) is 5.92 Å². The van der Waals surface area contributed by atoms with Crippen LogP contribution in [0.25, 0.3) is 21.5 Å². The second-order valence-electron chi connectivity index (χ2n) is 9.19. The van der Waals surface area contributed by atoms with E-state index in [4.69, 9.17) is 9.47 Å². The summed E-state index contributed by atoms with van der Waals surface area (Å²) in [7, 11) is 0. The fourth-order valence-corrected chi connectivity index (χ4v) is 5.09. The monoisotopic (exact) mass is 452 g/mol. The summed E-state index contributed by atoms with van der Waals surface area (Å²) < 4.78 is 11.5. The summed E-state index contributed by atoms with van der Waals surface area (Å²) in [6.07, 6.45) is 3.72. The highest BCUT2D eigenvalue weighted by atomic mass is 16.6. The number of ether oxygens (including phenoxy) is 2. The minimum absolute atomic E-state index is 0.0779. The Morgan fingerprint density at radius 1 is 0.735 bits per heavy atom. The summed E-state index contributed by atoms with van der Waals surface area (Å²) in [5, 5.41) is 4.09. The van der Waals surface area contributed by atoms with Gasteiger partial charge in [-0.3, -0.25) is 9.59 Å². The molecule has 1 saturated carbocycles. The van der Waals surface area contributed by atoms with Crippen molar-refractivity contribution in [3.05, 3.63) is 84.9 Å². The van der Waals surface area contributed by atoms with Gasteiger partial charge in [-0.05, 0) is 70.5 Å². The Hall–Kier alpha value is -3.66. The molecule has 0 saturated heterocycles. The Bertz CT molecular complexity index is 1250. The molecule has 4 aromatic rings. The van der Waals surface area contributed by atoms with Gasteiger partial charge in [-0.2, -0.15) is 0 Å². The summed E-state index contributed by atoms with van der Waals surface area (Å²) in [5.74, 6) is -0.699. The third kappa shape index (κ3) is 4.67. The van der Waals surface area contributed by atoms with Crippen LogP contribution in [0.1, 0.15) is 32.6 Å². The normalized spacial score (nSPS) is 17.8. The lowest BCUT2D eigenvalue weighted by Gasteiger charge is -2.21. The zero-order valence-corrected chi connectivity index (χ0v) is 19.3. The molecule has 4 aromatic carbocycles. The van der Waals surface area contributed by atoms with Crippen LogP contribution in [-0.2, 0) is 9.59 Å². The maximum absolute atomic E-state index is 13.4. The highest BCUT2D eigenvalue weighted by Gasteiger charge is 2.41. The van der Waals surface area contributed by atoms with E-state index < -0.39 is 17.9 Å². The summed E-state index contributed by atoms with van der Waals surface area (Å²) in [4.78, 5) is 26.7. The van der Waals surface area contributed by atoms with E-state index in [1.54, 1.807) is 12.1 Å². The van der Waals surface area contributed by atoms with Gasteiger partial charge in [0.05, 0.1) is 0 Å². The quantitative estimate of drug-likeness (QED) is 0.180. The number of carbonyl (C=O) groups excluding carboxylic acids is 2. The van der Waals surface area contributed by atoms with Gasteiger partial charge in [0.1, 0.15) is 11.5 Å². The molecule has 0 bridgehead atoms. The number of fused-ring (bicyclic) bond motifs is 2. The van der Waals surface area contributed by atoms with Crippen molar-refractivity contribution in [2.45, 2.75) is 32.6 Å². The Labute approximate surface area is 199 Å². The van der Waals surface area contributed by atoms with Crippen LogP contribution >= 0.6 is 0 Å². The third-order valence-corrected chi connectivity index (χ3v) is 7.02. The van der Waals surface area contributed by atoms with Crippen molar-refractivity contribution in [2.75, 3.05) is 0 Å². The van der Waals surface area contributed by atoms with E-state index in [0.717, 1.165) is 47.2 Å². The number of hydrogen-bond acceptors (Lipinski definition) is 4. The number of rotatable bonds is 6. The molecular formula is C30H28O4. The fourth-order valence-electron chi connectivity index (χ4n) is 5.09. The lowest BCUT2D eigenvalue weighted by molar-refractivity contribution is -0.154. The smallest absolute Gasteiger partial charge is 0.326 e. The highest BCUT2D eigenvalue weighted by molar-refractivity contribution is 5.98. The maximum Gasteiger partial charge on any atom is 0.326 e. The summed E-state index contributed by atoms with van der Waals surface area (Å²) in [5.41, 5.74) is 0. The van der Waals surface area contributed by atoms with Gasteiger partial charge in [0.2, 0.25) is 0 Å². The van der Waals surface area contributed by atoms with Crippen LogP contribution in [0, 0.1) is 17.8 Å². The van der Waals surface area contributed by atoms with Crippen molar-refractivity contribution < 1.29 is 19.1 Å². The van der Waals surface area contributed by atoms with Gasteiger partial charge in [-0.1, -0.05) is 80.4 Å². The number of carbonyl (C=O) groups is 2. The molecule has 0 spiro atoms. The van der Waals surface area contributed by atoms with E-state index in [0.29, 0.717) is 17.4 Å². The minimum Gasteiger partial charge on any atom is -0.426 e. The van der Waals surface area contributed by atoms with Crippen molar-refractivity contribution in [1.29, 1.82) is 0 Å². The third-order valence-electron chi connectivity index (χ3n) is 7.02. The molecule has 34 heavy (non-hydrogen) atoms. The van der Waals surface area contributed by atoms with Gasteiger partial charge in [0, 0.05) is 0 Å². The van der Waals surface area contributed by atoms with Crippen molar-refractivity contribution in [1.82, 2.24) is 0 Å². The Morgan fingerprint density at radius 3 is 1.71 bits per heavy atom. The SMILES string of the molecule is CCC1CCC(C(C(=O)Oc2ccc3ccccc3c2)C(=O)Oc2ccc3ccccc3c2)C1. The average Bonchev–Trinajstić information content (AvgIpc) is 3.32. The molecule has 4 heteroatoms. The molecule has 1 aliphatic carbocycles. The molecule has 2 unspecified atom stereocenters. The molecule has 1 fully saturated rings. The molecule has 5 rings (SSSR count). The Balaban J connectivity index is 1.39. The van der Waals surface area contributed by atoms with E-state index in [1.165, 1.54) is 0 Å². The van der Waals surface area contributed by atoms with Crippen LogP contribution < -0.4 is 9.47 Å². The molecule has 4 nitrogen and oxygen atoms in total. The first-order valence-corrected chi connectivity index (χ1v) is 12.0. The molecule has 0 radical (unpaired) electrons. The average molecular weight is 453 g/mol. The second-order valence-corrected chi connectivity index (χ2v) is 9.19. The molecule has 0 aromatic heterocycles. The van der Waals surface area contributed by atoms with E-state index in [9.17, 15) is 9.59 Å². The number of esters is 2. The first-order valence-electron chi connectivity index (χ1n) is 12.0. The topological polar surface area (TPSA) is 52.6 Å². The van der Waals surface area contributed by atoms with Crippen molar-refractivity contribution in [3.63, 3.8) is 0 Å². The molecule has 172 valence electrons. The minimum atomic E-state index is -0.950. The second kappa shape index (κ2) is 9.68. The lowest BCUT2D eigenvalue weighted by atomic mass is 9.89. The van der Waals surface area contributed by atoms with Crippen LogP contribution in [-0.4, -0.2) is 11.9 Å². The van der Waals surface area contributed by atoms with Crippen LogP contribution in [0.5, 0.6) is 11.5 Å². The summed E-state index contributed by atoms with van der Waals surface area (Å²) in [6, 6.07) is 26.8. The Morgan fingerprint density at radius 2 is 1.24 bits per heavy atom. The number of benzene rings is 4. The predicted molar refractivity (Wildman–Crippen MR) is 134 cm³/mol. The highest BCUT2D eigenvalue weighted by Crippen LogP contribution is 2.39. The van der Waals surface area contributed by atoms with Crippen LogP contribution in [0.2, 0.25) is 0 Å². The van der Waals surface area contributed by atoms with Gasteiger partial charge in [0.15, 0.2) is 5.92 Å². The molecule has 0 amide bonds. The summed E-state index contributed by atoms with van der Waals surface area (Å²) in [6.45, 7) is 2.16. The first-order chi connectivity index (χ1) is 16.6. The predicted octanol–water partition coefficient (Wildman–Crippen LogP) is 6.95. The van der Waals surface area contributed by atoms with Crippen LogP contribution in [0.15, 0.2) is 84.9 Å². The first kappa shape index (κ1) is 22.1. The molecule has 2 atom stereocenters. The standard InChI is InChI=1S/C30H28O4/c1-2-20-11-12-25(17-20)28(29(31)33-26-15-13-21-7-3-5-9-23(21)18-26)30(32)34-27-16-14-22-8-4-6-10-24(22)19-27/h3-10,13-16,18-20,25,28H,2,11-12,17H2,1H3. The van der Waals surface area contributed by atoms with Gasteiger partial charge in [0.25, 0.3) is 0 Å². The van der Waals surface area contributed by atoms with Gasteiger partial charge in [-0.25, -0.2) is 0 Å². The summed E-state index contributed by atoms with van der Waals surface area (Å²) >= 11 is 0. The van der Waals surface area contributed by atoms with Crippen molar-refractivity contribution in [3.8, 4) is 11.5 Å². The fraction of sp³-hybridized carbons (Fsp3) is 0.267. The molecule has 0 N–H and O–H groups in total. The zero-order chi connectivity index (χ0) is 23.5. The van der Waals surface area contributed by atoms with Crippen LogP contribution in [0.4, 0.5) is 0 Å². The molecule has 1 aliphatic rings. The van der Waals surface area contributed by atoms with Crippen LogP contribution in [0.3, 0.4) is 0 Å². The van der Waals surface area contributed by atoms with E-state index in [1.807, 2.05) is 72.8 Å².